The second-order valence-electron chi connectivity index (χ2n) is 5.31. The van der Waals surface area contributed by atoms with E-state index in [9.17, 15) is 0 Å². The highest BCUT2D eigenvalue weighted by atomic mass is 32.2. The fourth-order valence-electron chi connectivity index (χ4n) is 2.62. The van der Waals surface area contributed by atoms with Crippen LogP contribution in [0.5, 0.6) is 0 Å². The Morgan fingerprint density at radius 2 is 2.12 bits per heavy atom. The van der Waals surface area contributed by atoms with Crippen LogP contribution >= 0.6 is 11.8 Å². The number of rotatable bonds is 5. The molecule has 1 aromatic carbocycles. The first-order chi connectivity index (χ1) is 8.43. The number of fused-ring (bicyclic) bond motifs is 1. The normalized spacial score (nSPS) is 23.4. The van der Waals surface area contributed by atoms with Gasteiger partial charge in [0.05, 0.1) is 0 Å². The van der Waals surface area contributed by atoms with Gasteiger partial charge in [0.25, 0.3) is 0 Å². The molecule has 1 heterocycles. The molecule has 1 aromatic rings. The average molecular weight is 247 g/mol. The highest BCUT2D eigenvalue weighted by Gasteiger charge is 2.21. The first-order valence-corrected chi connectivity index (χ1v) is 7.98. The Kier molecular flexibility index (Phi) is 3.72. The molecule has 0 amide bonds. The number of hydrogen-bond acceptors (Lipinski definition) is 2. The third-order valence-electron chi connectivity index (χ3n) is 3.85. The van der Waals surface area contributed by atoms with Gasteiger partial charge in [-0.25, -0.2) is 0 Å². The summed E-state index contributed by atoms with van der Waals surface area (Å²) in [6.07, 6.45) is 5.77. The zero-order valence-corrected chi connectivity index (χ0v) is 11.1. The largest absolute Gasteiger partial charge is 0.309 e. The summed E-state index contributed by atoms with van der Waals surface area (Å²) in [6, 6.07) is 9.50. The maximum atomic E-state index is 3.74. The highest BCUT2D eigenvalue weighted by molar-refractivity contribution is 7.98. The average Bonchev–Trinajstić information content (AvgIpc) is 3.19. The smallest absolute Gasteiger partial charge is 0.0415 e. The number of thioether (sulfide) groups is 1. The van der Waals surface area contributed by atoms with Crippen LogP contribution < -0.4 is 5.32 Å². The van der Waals surface area contributed by atoms with Gasteiger partial charge in [0.1, 0.15) is 0 Å². The lowest BCUT2D eigenvalue weighted by Gasteiger charge is -2.26. The van der Waals surface area contributed by atoms with Gasteiger partial charge in [0.2, 0.25) is 0 Å². The zero-order chi connectivity index (χ0) is 11.5. The van der Waals surface area contributed by atoms with E-state index in [1.165, 1.54) is 54.9 Å². The van der Waals surface area contributed by atoms with E-state index in [1.807, 2.05) is 0 Å². The van der Waals surface area contributed by atoms with Crippen molar-refractivity contribution in [3.8, 4) is 0 Å². The summed E-state index contributed by atoms with van der Waals surface area (Å²) in [7, 11) is 0. The van der Waals surface area contributed by atoms with Crippen LogP contribution in [0.1, 0.15) is 42.9 Å². The molecule has 17 heavy (non-hydrogen) atoms. The Morgan fingerprint density at radius 1 is 1.24 bits per heavy atom. The van der Waals surface area contributed by atoms with Gasteiger partial charge in [-0.05, 0) is 36.4 Å². The molecule has 2 heteroatoms. The molecule has 1 aliphatic heterocycles. The van der Waals surface area contributed by atoms with Crippen LogP contribution in [0.25, 0.3) is 0 Å². The standard InChI is InChI=1S/C15H21NS/c1-2-6-14-13(5-1)10-17-11-15(14)16-9-3-4-12-7-8-12/h1-2,5-6,12,15-16H,3-4,7-11H2. The molecule has 0 saturated heterocycles. The Bertz CT molecular complexity index is 373. The fourth-order valence-corrected chi connectivity index (χ4v) is 3.76. The van der Waals surface area contributed by atoms with Crippen LogP contribution in [-0.4, -0.2) is 12.3 Å². The van der Waals surface area contributed by atoms with E-state index in [4.69, 9.17) is 0 Å². The summed E-state index contributed by atoms with van der Waals surface area (Å²) in [4.78, 5) is 0. The van der Waals surface area contributed by atoms with Crippen molar-refractivity contribution in [2.45, 2.75) is 37.5 Å². The lowest BCUT2D eigenvalue weighted by molar-refractivity contribution is 0.534. The van der Waals surface area contributed by atoms with Crippen molar-refractivity contribution in [1.29, 1.82) is 0 Å². The Labute approximate surface area is 108 Å². The minimum atomic E-state index is 0.587. The van der Waals surface area contributed by atoms with Crippen LogP contribution in [0.2, 0.25) is 0 Å². The number of nitrogens with one attached hydrogen (secondary N) is 1. The van der Waals surface area contributed by atoms with Gasteiger partial charge in [-0.1, -0.05) is 37.1 Å². The van der Waals surface area contributed by atoms with Gasteiger partial charge in [0.15, 0.2) is 0 Å². The lowest BCUT2D eigenvalue weighted by atomic mass is 10.0. The van der Waals surface area contributed by atoms with Gasteiger partial charge in [-0.3, -0.25) is 0 Å². The Hall–Kier alpha value is -0.470. The molecule has 92 valence electrons. The van der Waals surface area contributed by atoms with E-state index in [1.54, 1.807) is 0 Å². The molecule has 0 bridgehead atoms. The molecule has 1 saturated carbocycles. The van der Waals surface area contributed by atoms with E-state index in [-0.39, 0.29) is 0 Å². The minimum Gasteiger partial charge on any atom is -0.309 e. The fraction of sp³-hybridized carbons (Fsp3) is 0.600. The topological polar surface area (TPSA) is 12.0 Å². The first kappa shape index (κ1) is 11.6. The molecule has 0 spiro atoms. The summed E-state index contributed by atoms with van der Waals surface area (Å²) >= 11 is 2.06. The van der Waals surface area contributed by atoms with Crippen molar-refractivity contribution in [1.82, 2.24) is 5.32 Å². The van der Waals surface area contributed by atoms with Crippen LogP contribution in [0.4, 0.5) is 0 Å². The zero-order valence-electron chi connectivity index (χ0n) is 10.3. The SMILES string of the molecule is c1ccc2c(c1)CSCC2NCCCC1CC1. The first-order valence-electron chi connectivity index (χ1n) is 6.82. The lowest BCUT2D eigenvalue weighted by Crippen LogP contribution is -2.27. The molecule has 1 fully saturated rings. The molecule has 1 N–H and O–H groups in total. The monoisotopic (exact) mass is 247 g/mol. The van der Waals surface area contributed by atoms with Gasteiger partial charge >= 0.3 is 0 Å². The van der Waals surface area contributed by atoms with Gasteiger partial charge in [0, 0.05) is 17.5 Å². The molecule has 1 nitrogen and oxygen atoms in total. The molecule has 1 aliphatic carbocycles. The van der Waals surface area contributed by atoms with E-state index in [2.05, 4.69) is 41.3 Å². The van der Waals surface area contributed by atoms with Crippen molar-refractivity contribution in [3.63, 3.8) is 0 Å². The molecule has 3 rings (SSSR count). The second kappa shape index (κ2) is 5.45. The maximum Gasteiger partial charge on any atom is 0.0415 e. The van der Waals surface area contributed by atoms with Crippen LogP contribution in [0.3, 0.4) is 0 Å². The molecular weight excluding hydrogens is 226 g/mol. The molecule has 2 aliphatic rings. The van der Waals surface area contributed by atoms with E-state index in [0.717, 1.165) is 5.92 Å². The van der Waals surface area contributed by atoms with Gasteiger partial charge < -0.3 is 5.32 Å². The molecule has 1 atom stereocenters. The summed E-state index contributed by atoms with van der Waals surface area (Å²) in [5.74, 6) is 3.50. The minimum absolute atomic E-state index is 0.587. The predicted molar refractivity (Wildman–Crippen MR) is 75.3 cm³/mol. The third-order valence-corrected chi connectivity index (χ3v) is 4.93. The maximum absolute atomic E-state index is 3.74. The highest BCUT2D eigenvalue weighted by Crippen LogP contribution is 2.34. The second-order valence-corrected chi connectivity index (χ2v) is 6.34. The van der Waals surface area contributed by atoms with Crippen molar-refractivity contribution in [2.75, 3.05) is 12.3 Å². The summed E-state index contributed by atoms with van der Waals surface area (Å²) in [5, 5.41) is 3.74. The van der Waals surface area contributed by atoms with Gasteiger partial charge in [-0.2, -0.15) is 11.8 Å². The molecule has 0 radical (unpaired) electrons. The summed E-state index contributed by atoms with van der Waals surface area (Å²) in [6.45, 7) is 1.19. The van der Waals surface area contributed by atoms with Gasteiger partial charge in [-0.15, -0.1) is 0 Å². The number of benzene rings is 1. The van der Waals surface area contributed by atoms with Crippen LogP contribution in [-0.2, 0) is 5.75 Å². The summed E-state index contributed by atoms with van der Waals surface area (Å²) < 4.78 is 0. The van der Waals surface area contributed by atoms with Crippen molar-refractivity contribution in [2.24, 2.45) is 5.92 Å². The van der Waals surface area contributed by atoms with E-state index < -0.39 is 0 Å². The predicted octanol–water partition coefficient (Wildman–Crippen LogP) is 3.75. The Morgan fingerprint density at radius 3 is 3.00 bits per heavy atom. The molecular formula is C15H21NS. The van der Waals surface area contributed by atoms with E-state index in [0.29, 0.717) is 6.04 Å². The van der Waals surface area contributed by atoms with E-state index >= 15 is 0 Å². The number of hydrogen-bond donors (Lipinski definition) is 1. The summed E-state index contributed by atoms with van der Waals surface area (Å²) in [5.41, 5.74) is 3.07. The van der Waals surface area contributed by atoms with Crippen molar-refractivity contribution >= 4 is 11.8 Å². The quantitative estimate of drug-likeness (QED) is 0.795. The Balaban J connectivity index is 1.52. The van der Waals surface area contributed by atoms with Crippen molar-refractivity contribution < 1.29 is 0 Å². The third kappa shape index (κ3) is 3.05. The molecule has 0 aromatic heterocycles. The van der Waals surface area contributed by atoms with Crippen LogP contribution in [0, 0.1) is 5.92 Å². The molecule has 1 unspecified atom stereocenters. The van der Waals surface area contributed by atoms with Crippen LogP contribution in [0.15, 0.2) is 24.3 Å². The van der Waals surface area contributed by atoms with Crippen molar-refractivity contribution in [3.05, 3.63) is 35.4 Å².